The minimum absolute atomic E-state index is 0.217. The van der Waals surface area contributed by atoms with Crippen LogP contribution in [0.15, 0.2) is 18.3 Å². The van der Waals surface area contributed by atoms with Gasteiger partial charge in [-0.05, 0) is 19.1 Å². The first-order valence-electron chi connectivity index (χ1n) is 4.28. The number of hydrogen-bond donors (Lipinski definition) is 2. The molecule has 72 valence electrons. The Labute approximate surface area is 77.1 Å². The number of H-pyrrole nitrogens is 1. The monoisotopic (exact) mass is 182 g/mol. The normalized spacial score (nSPS) is 12.5. The fraction of sp³-hybridized carbons (Fsp3) is 0.444. The van der Waals surface area contributed by atoms with Crippen LogP contribution in [0.1, 0.15) is 25.1 Å². The minimum atomic E-state index is -0.297. The number of ether oxygens (including phenoxy) is 1. The van der Waals surface area contributed by atoms with Crippen LogP contribution in [-0.2, 0) is 9.53 Å². The SMILES string of the molecule is CCOC(=O)C[C@H](N)c1ccc[nH]1. The molecule has 4 nitrogen and oxygen atoms in total. The van der Waals surface area contributed by atoms with Crippen LogP contribution in [0.3, 0.4) is 0 Å². The van der Waals surface area contributed by atoms with Crippen LogP contribution in [0.2, 0.25) is 0 Å². The summed E-state index contributed by atoms with van der Waals surface area (Å²) in [4.78, 5) is 14.0. The number of esters is 1. The Morgan fingerprint density at radius 2 is 2.54 bits per heavy atom. The molecule has 0 aliphatic carbocycles. The first-order chi connectivity index (χ1) is 6.24. The molecule has 13 heavy (non-hydrogen) atoms. The Balaban J connectivity index is 2.42. The van der Waals surface area contributed by atoms with E-state index in [9.17, 15) is 4.79 Å². The Morgan fingerprint density at radius 3 is 3.08 bits per heavy atom. The van der Waals surface area contributed by atoms with Crippen molar-refractivity contribution in [3.05, 3.63) is 24.0 Å². The Hall–Kier alpha value is -1.29. The van der Waals surface area contributed by atoms with Gasteiger partial charge in [0.2, 0.25) is 0 Å². The van der Waals surface area contributed by atoms with Gasteiger partial charge in [-0.1, -0.05) is 0 Å². The summed E-state index contributed by atoms with van der Waals surface area (Å²) in [6.45, 7) is 2.17. The lowest BCUT2D eigenvalue weighted by atomic mass is 10.1. The lowest BCUT2D eigenvalue weighted by Gasteiger charge is -2.08. The van der Waals surface area contributed by atoms with Gasteiger partial charge in [-0.3, -0.25) is 4.79 Å². The second-order valence-corrected chi connectivity index (χ2v) is 2.74. The fourth-order valence-electron chi connectivity index (χ4n) is 1.08. The second-order valence-electron chi connectivity index (χ2n) is 2.74. The van der Waals surface area contributed by atoms with Gasteiger partial charge in [0.15, 0.2) is 0 Å². The molecule has 1 atom stereocenters. The molecular formula is C9H14N2O2. The summed E-state index contributed by atoms with van der Waals surface area (Å²) in [6.07, 6.45) is 1.99. The standard InChI is InChI=1S/C9H14N2O2/c1-2-13-9(12)6-7(10)8-4-3-5-11-8/h3-5,7,11H,2,6,10H2,1H3/t7-/m0/s1. The maximum atomic E-state index is 11.0. The van der Waals surface area contributed by atoms with E-state index < -0.39 is 0 Å². The van der Waals surface area contributed by atoms with Crippen LogP contribution in [0.5, 0.6) is 0 Å². The average Bonchev–Trinajstić information content (AvgIpc) is 2.55. The van der Waals surface area contributed by atoms with E-state index in [1.165, 1.54) is 0 Å². The number of carbonyl (C=O) groups is 1. The molecule has 0 radical (unpaired) electrons. The summed E-state index contributed by atoms with van der Waals surface area (Å²) in [7, 11) is 0. The maximum absolute atomic E-state index is 11.0. The van der Waals surface area contributed by atoms with Crippen LogP contribution in [0.25, 0.3) is 0 Å². The topological polar surface area (TPSA) is 68.1 Å². The molecule has 0 bridgehead atoms. The Kier molecular flexibility index (Phi) is 3.52. The Morgan fingerprint density at radius 1 is 1.77 bits per heavy atom. The van der Waals surface area contributed by atoms with Crippen molar-refractivity contribution in [2.24, 2.45) is 5.73 Å². The third kappa shape index (κ3) is 2.91. The van der Waals surface area contributed by atoms with Crippen molar-refractivity contribution >= 4 is 5.97 Å². The van der Waals surface area contributed by atoms with Crippen molar-refractivity contribution in [1.82, 2.24) is 4.98 Å². The maximum Gasteiger partial charge on any atom is 0.307 e. The highest BCUT2D eigenvalue weighted by Gasteiger charge is 2.12. The van der Waals surface area contributed by atoms with Gasteiger partial charge in [0.25, 0.3) is 0 Å². The van der Waals surface area contributed by atoms with Gasteiger partial charge in [0.05, 0.1) is 19.1 Å². The zero-order valence-electron chi connectivity index (χ0n) is 7.62. The second kappa shape index (κ2) is 4.67. The molecule has 0 aromatic carbocycles. The number of carbonyl (C=O) groups excluding carboxylic acids is 1. The van der Waals surface area contributed by atoms with E-state index in [0.717, 1.165) is 5.69 Å². The summed E-state index contributed by atoms with van der Waals surface area (Å²) in [5.74, 6) is -0.260. The van der Waals surface area contributed by atoms with E-state index in [4.69, 9.17) is 10.5 Å². The van der Waals surface area contributed by atoms with E-state index >= 15 is 0 Å². The summed E-state index contributed by atoms with van der Waals surface area (Å²) in [5, 5.41) is 0. The number of nitrogens with two attached hydrogens (primary N) is 1. The van der Waals surface area contributed by atoms with Crippen molar-refractivity contribution in [1.29, 1.82) is 0 Å². The zero-order chi connectivity index (χ0) is 9.68. The van der Waals surface area contributed by atoms with Gasteiger partial charge in [-0.2, -0.15) is 0 Å². The van der Waals surface area contributed by atoms with Crippen LogP contribution < -0.4 is 5.73 Å². The third-order valence-corrected chi connectivity index (χ3v) is 1.71. The number of hydrogen-bond acceptors (Lipinski definition) is 3. The van der Waals surface area contributed by atoms with Gasteiger partial charge in [0, 0.05) is 11.9 Å². The van der Waals surface area contributed by atoms with Crippen molar-refractivity contribution in [2.75, 3.05) is 6.61 Å². The molecule has 1 heterocycles. The van der Waals surface area contributed by atoms with Crippen molar-refractivity contribution in [3.8, 4) is 0 Å². The molecule has 1 aromatic rings. The molecule has 4 heteroatoms. The van der Waals surface area contributed by atoms with Crippen LogP contribution in [-0.4, -0.2) is 17.6 Å². The number of rotatable bonds is 4. The number of nitrogens with one attached hydrogen (secondary N) is 1. The molecule has 0 saturated carbocycles. The molecule has 1 aromatic heterocycles. The van der Waals surface area contributed by atoms with Gasteiger partial charge < -0.3 is 15.5 Å². The average molecular weight is 182 g/mol. The van der Waals surface area contributed by atoms with E-state index in [2.05, 4.69) is 4.98 Å². The molecule has 0 fully saturated rings. The first-order valence-corrected chi connectivity index (χ1v) is 4.28. The Bertz CT molecular complexity index is 257. The van der Waals surface area contributed by atoms with E-state index in [0.29, 0.717) is 6.61 Å². The minimum Gasteiger partial charge on any atom is -0.466 e. The predicted octanol–water partition coefficient (Wildman–Crippen LogP) is 0.968. The van der Waals surface area contributed by atoms with Gasteiger partial charge in [0.1, 0.15) is 0 Å². The van der Waals surface area contributed by atoms with Crippen LogP contribution >= 0.6 is 0 Å². The van der Waals surface area contributed by atoms with Gasteiger partial charge >= 0.3 is 5.97 Å². The molecular weight excluding hydrogens is 168 g/mol. The molecule has 3 N–H and O–H groups in total. The number of aromatic nitrogens is 1. The summed E-state index contributed by atoms with van der Waals surface area (Å²) in [5.41, 5.74) is 6.59. The molecule has 0 aliphatic rings. The zero-order valence-corrected chi connectivity index (χ0v) is 7.62. The smallest absolute Gasteiger partial charge is 0.307 e. The first kappa shape index (κ1) is 9.80. The molecule has 0 saturated heterocycles. The van der Waals surface area contributed by atoms with Crippen LogP contribution in [0.4, 0.5) is 0 Å². The molecule has 0 amide bonds. The van der Waals surface area contributed by atoms with E-state index in [1.807, 2.05) is 12.1 Å². The van der Waals surface area contributed by atoms with Crippen molar-refractivity contribution in [3.63, 3.8) is 0 Å². The fourth-order valence-corrected chi connectivity index (χ4v) is 1.08. The highest BCUT2D eigenvalue weighted by atomic mass is 16.5. The largest absolute Gasteiger partial charge is 0.466 e. The summed E-state index contributed by atoms with van der Waals surface area (Å²) >= 11 is 0. The summed E-state index contributed by atoms with van der Waals surface area (Å²) in [6, 6.07) is 3.40. The predicted molar refractivity (Wildman–Crippen MR) is 49.0 cm³/mol. The third-order valence-electron chi connectivity index (χ3n) is 1.71. The highest BCUT2D eigenvalue weighted by molar-refractivity contribution is 5.70. The lowest BCUT2D eigenvalue weighted by Crippen LogP contribution is -2.17. The number of aromatic amines is 1. The van der Waals surface area contributed by atoms with Crippen molar-refractivity contribution in [2.45, 2.75) is 19.4 Å². The molecule has 1 rings (SSSR count). The molecule has 0 unspecified atom stereocenters. The quantitative estimate of drug-likeness (QED) is 0.682. The summed E-state index contributed by atoms with van der Waals surface area (Å²) < 4.78 is 4.78. The van der Waals surface area contributed by atoms with Gasteiger partial charge in [-0.25, -0.2) is 0 Å². The molecule has 0 aliphatic heterocycles. The highest BCUT2D eigenvalue weighted by Crippen LogP contribution is 2.11. The van der Waals surface area contributed by atoms with Crippen molar-refractivity contribution < 1.29 is 9.53 Å². The lowest BCUT2D eigenvalue weighted by molar-refractivity contribution is -0.143. The molecule has 0 spiro atoms. The van der Waals surface area contributed by atoms with Crippen LogP contribution in [0, 0.1) is 0 Å². The van der Waals surface area contributed by atoms with Gasteiger partial charge in [-0.15, -0.1) is 0 Å². The van der Waals surface area contributed by atoms with E-state index in [1.54, 1.807) is 13.1 Å². The van der Waals surface area contributed by atoms with E-state index in [-0.39, 0.29) is 18.4 Å².